The topological polar surface area (TPSA) is 21.3 Å². The van der Waals surface area contributed by atoms with Crippen molar-refractivity contribution in [2.45, 2.75) is 38.8 Å². The van der Waals surface area contributed by atoms with E-state index in [1.54, 1.807) is 18.4 Å². The van der Waals surface area contributed by atoms with Crippen LogP contribution in [0.1, 0.15) is 37.6 Å². The van der Waals surface area contributed by atoms with E-state index >= 15 is 0 Å². The van der Waals surface area contributed by atoms with E-state index < -0.39 is 0 Å². The molecule has 1 N–H and O–H groups in total. The van der Waals surface area contributed by atoms with Gasteiger partial charge in [0.15, 0.2) is 0 Å². The number of thiophene rings is 1. The summed E-state index contributed by atoms with van der Waals surface area (Å²) >= 11 is 5.40. The van der Waals surface area contributed by atoms with Crippen molar-refractivity contribution in [3.8, 4) is 0 Å². The molecule has 0 aliphatic carbocycles. The lowest BCUT2D eigenvalue weighted by molar-refractivity contribution is 0.101. The van der Waals surface area contributed by atoms with Crippen LogP contribution in [0.25, 0.3) is 0 Å². The third kappa shape index (κ3) is 4.17. The molecular formula is C12H20BrNOS. The molecule has 0 fully saturated rings. The fourth-order valence-corrected chi connectivity index (χ4v) is 3.32. The van der Waals surface area contributed by atoms with Gasteiger partial charge < -0.3 is 10.1 Å². The highest BCUT2D eigenvalue weighted by Gasteiger charge is 2.17. The molecule has 1 aromatic rings. The van der Waals surface area contributed by atoms with Crippen molar-refractivity contribution >= 4 is 27.3 Å². The molecule has 2 nitrogen and oxygen atoms in total. The molecule has 92 valence electrons. The third-order valence-electron chi connectivity index (χ3n) is 2.57. The first-order valence-corrected chi connectivity index (χ1v) is 7.35. The van der Waals surface area contributed by atoms with E-state index in [1.165, 1.54) is 9.35 Å². The smallest absolute Gasteiger partial charge is 0.0561 e. The zero-order valence-electron chi connectivity index (χ0n) is 10.1. The minimum absolute atomic E-state index is 0.281. The molecule has 0 radical (unpaired) electrons. The van der Waals surface area contributed by atoms with Crippen LogP contribution in [0.3, 0.4) is 0 Å². The zero-order valence-corrected chi connectivity index (χ0v) is 12.5. The van der Waals surface area contributed by atoms with E-state index in [0.717, 1.165) is 19.4 Å². The Kier molecular flexibility index (Phi) is 6.58. The lowest BCUT2D eigenvalue weighted by Crippen LogP contribution is -2.25. The summed E-state index contributed by atoms with van der Waals surface area (Å²) in [6.07, 6.45) is 2.44. The van der Waals surface area contributed by atoms with Gasteiger partial charge in [-0.25, -0.2) is 0 Å². The number of rotatable bonds is 7. The normalized spacial score (nSPS) is 15.0. The molecule has 1 rings (SSSR count). The van der Waals surface area contributed by atoms with E-state index in [2.05, 4.69) is 46.5 Å². The summed E-state index contributed by atoms with van der Waals surface area (Å²) in [5.74, 6) is 0. The molecule has 0 saturated heterocycles. The van der Waals surface area contributed by atoms with E-state index in [4.69, 9.17) is 4.74 Å². The summed E-state index contributed by atoms with van der Waals surface area (Å²) < 4.78 is 6.55. The van der Waals surface area contributed by atoms with Crippen LogP contribution in [0, 0.1) is 0 Å². The Labute approximate surface area is 111 Å². The zero-order chi connectivity index (χ0) is 12.0. The maximum absolute atomic E-state index is 5.35. The van der Waals surface area contributed by atoms with Crippen molar-refractivity contribution in [3.63, 3.8) is 0 Å². The van der Waals surface area contributed by atoms with Crippen LogP contribution in [0.15, 0.2) is 15.9 Å². The van der Waals surface area contributed by atoms with Gasteiger partial charge in [0.05, 0.1) is 6.10 Å². The first-order valence-electron chi connectivity index (χ1n) is 5.68. The number of nitrogens with one attached hydrogen (secondary N) is 1. The molecule has 4 heteroatoms. The quantitative estimate of drug-likeness (QED) is 0.823. The van der Waals surface area contributed by atoms with Gasteiger partial charge in [-0.2, -0.15) is 0 Å². The van der Waals surface area contributed by atoms with Gasteiger partial charge >= 0.3 is 0 Å². The standard InChI is InChI=1S/C12H20BrNOS/c1-4-6-14-11(8-9(2)15-3)12-10(13)5-7-16-12/h5,7,9,11,14H,4,6,8H2,1-3H3. The Morgan fingerprint density at radius 2 is 2.31 bits per heavy atom. The van der Waals surface area contributed by atoms with Gasteiger partial charge in [-0.1, -0.05) is 6.92 Å². The molecule has 0 bridgehead atoms. The molecule has 0 aromatic carbocycles. The average molecular weight is 306 g/mol. The van der Waals surface area contributed by atoms with Gasteiger partial charge in [-0.05, 0) is 53.7 Å². The molecule has 0 saturated carbocycles. The number of hydrogen-bond acceptors (Lipinski definition) is 3. The summed E-state index contributed by atoms with van der Waals surface area (Å²) in [7, 11) is 1.77. The van der Waals surface area contributed by atoms with Crippen molar-refractivity contribution in [1.82, 2.24) is 5.32 Å². The van der Waals surface area contributed by atoms with Gasteiger partial charge in [-0.15, -0.1) is 11.3 Å². The second-order valence-corrected chi connectivity index (χ2v) is 5.72. The largest absolute Gasteiger partial charge is 0.382 e. The predicted molar refractivity (Wildman–Crippen MR) is 74.1 cm³/mol. The van der Waals surface area contributed by atoms with E-state index in [1.807, 2.05) is 0 Å². The minimum atomic E-state index is 0.281. The van der Waals surface area contributed by atoms with Gasteiger partial charge in [0, 0.05) is 22.5 Å². The second kappa shape index (κ2) is 7.43. The number of hydrogen-bond donors (Lipinski definition) is 1. The van der Waals surface area contributed by atoms with Crippen LogP contribution >= 0.6 is 27.3 Å². The maximum atomic E-state index is 5.35. The van der Waals surface area contributed by atoms with Crippen LogP contribution in [-0.4, -0.2) is 19.8 Å². The molecular weight excluding hydrogens is 286 g/mol. The molecule has 16 heavy (non-hydrogen) atoms. The van der Waals surface area contributed by atoms with Gasteiger partial charge in [0.25, 0.3) is 0 Å². The van der Waals surface area contributed by atoms with Gasteiger partial charge in [-0.3, -0.25) is 0 Å². The number of methoxy groups -OCH3 is 1. The Morgan fingerprint density at radius 1 is 1.56 bits per heavy atom. The fourth-order valence-electron chi connectivity index (χ4n) is 1.58. The van der Waals surface area contributed by atoms with E-state index in [0.29, 0.717) is 6.04 Å². The molecule has 2 unspecified atom stereocenters. The number of ether oxygens (including phenoxy) is 1. The van der Waals surface area contributed by atoms with Crippen molar-refractivity contribution < 1.29 is 4.74 Å². The maximum Gasteiger partial charge on any atom is 0.0561 e. The molecule has 2 atom stereocenters. The van der Waals surface area contributed by atoms with Gasteiger partial charge in [0.2, 0.25) is 0 Å². The third-order valence-corrected chi connectivity index (χ3v) is 4.56. The Balaban J connectivity index is 2.67. The van der Waals surface area contributed by atoms with Crippen LogP contribution in [0.4, 0.5) is 0 Å². The molecule has 0 aliphatic heterocycles. The molecule has 0 spiro atoms. The predicted octanol–water partition coefficient (Wildman–Crippen LogP) is 3.98. The van der Waals surface area contributed by atoms with Gasteiger partial charge in [0.1, 0.15) is 0 Å². The van der Waals surface area contributed by atoms with Crippen molar-refractivity contribution in [2.75, 3.05) is 13.7 Å². The van der Waals surface area contributed by atoms with Crippen molar-refractivity contribution in [1.29, 1.82) is 0 Å². The SMILES string of the molecule is CCCNC(CC(C)OC)c1sccc1Br. The van der Waals surface area contributed by atoms with Crippen molar-refractivity contribution in [2.24, 2.45) is 0 Å². The van der Waals surface area contributed by atoms with E-state index in [9.17, 15) is 0 Å². The minimum Gasteiger partial charge on any atom is -0.382 e. The molecule has 1 heterocycles. The monoisotopic (exact) mass is 305 g/mol. The van der Waals surface area contributed by atoms with Crippen LogP contribution in [-0.2, 0) is 4.74 Å². The number of halogens is 1. The first kappa shape index (κ1) is 14.2. The highest BCUT2D eigenvalue weighted by atomic mass is 79.9. The summed E-state index contributed by atoms with van der Waals surface area (Å²) in [4.78, 5) is 1.37. The Hall–Kier alpha value is 0.100. The summed E-state index contributed by atoms with van der Waals surface area (Å²) in [6, 6.07) is 2.50. The van der Waals surface area contributed by atoms with Crippen LogP contribution in [0.5, 0.6) is 0 Å². The first-order chi connectivity index (χ1) is 7.69. The molecule has 0 amide bonds. The molecule has 0 aliphatic rings. The molecule has 1 aromatic heterocycles. The summed E-state index contributed by atoms with van der Waals surface area (Å²) in [5, 5.41) is 5.70. The van der Waals surface area contributed by atoms with Crippen LogP contribution < -0.4 is 5.32 Å². The second-order valence-electron chi connectivity index (χ2n) is 3.92. The summed E-state index contributed by atoms with van der Waals surface area (Å²) in [5.41, 5.74) is 0. The van der Waals surface area contributed by atoms with Crippen LogP contribution in [0.2, 0.25) is 0 Å². The Morgan fingerprint density at radius 3 is 2.81 bits per heavy atom. The Bertz CT molecular complexity index is 303. The lowest BCUT2D eigenvalue weighted by Gasteiger charge is -2.21. The average Bonchev–Trinajstić information content (AvgIpc) is 2.70. The van der Waals surface area contributed by atoms with Crippen molar-refractivity contribution in [3.05, 3.63) is 20.8 Å². The van der Waals surface area contributed by atoms with E-state index in [-0.39, 0.29) is 6.10 Å². The summed E-state index contributed by atoms with van der Waals surface area (Å²) in [6.45, 7) is 5.35. The lowest BCUT2D eigenvalue weighted by atomic mass is 10.1. The highest BCUT2D eigenvalue weighted by Crippen LogP contribution is 2.31. The highest BCUT2D eigenvalue weighted by molar-refractivity contribution is 9.10. The fraction of sp³-hybridized carbons (Fsp3) is 0.667.